The van der Waals surface area contributed by atoms with Crippen molar-refractivity contribution < 1.29 is 4.79 Å². The van der Waals surface area contributed by atoms with E-state index in [1.807, 2.05) is 13.8 Å². The quantitative estimate of drug-likeness (QED) is 0.692. The van der Waals surface area contributed by atoms with Crippen molar-refractivity contribution in [1.82, 2.24) is 4.90 Å². The van der Waals surface area contributed by atoms with Gasteiger partial charge >= 0.3 is 0 Å². The summed E-state index contributed by atoms with van der Waals surface area (Å²) >= 11 is 0. The first-order valence-corrected chi connectivity index (χ1v) is 5.76. The standard InChI is InChI=1S/C12H23NO/c1-8(2)12(14)11-7-6-10(5)13(11)9(3)4/h8-11H,6-7H2,1-5H3/t10-,11-/m0/s1. The van der Waals surface area contributed by atoms with E-state index in [2.05, 4.69) is 25.7 Å². The molecule has 82 valence electrons. The molecule has 0 unspecified atom stereocenters. The fraction of sp³-hybridized carbons (Fsp3) is 0.917. The van der Waals surface area contributed by atoms with Gasteiger partial charge in [-0.25, -0.2) is 0 Å². The van der Waals surface area contributed by atoms with Crippen molar-refractivity contribution in [2.45, 2.75) is 65.6 Å². The predicted molar refractivity (Wildman–Crippen MR) is 59.3 cm³/mol. The number of rotatable bonds is 3. The number of likely N-dealkylation sites (tertiary alicyclic amines) is 1. The van der Waals surface area contributed by atoms with Gasteiger partial charge in [0.2, 0.25) is 0 Å². The Labute approximate surface area is 87.7 Å². The van der Waals surface area contributed by atoms with Crippen molar-refractivity contribution in [3.63, 3.8) is 0 Å². The summed E-state index contributed by atoms with van der Waals surface area (Å²) in [5.74, 6) is 0.592. The number of ketones is 1. The average molecular weight is 197 g/mol. The van der Waals surface area contributed by atoms with Crippen LogP contribution in [0.1, 0.15) is 47.5 Å². The molecule has 0 radical (unpaired) electrons. The van der Waals surface area contributed by atoms with E-state index in [0.717, 1.165) is 6.42 Å². The van der Waals surface area contributed by atoms with Crippen LogP contribution < -0.4 is 0 Å². The maximum absolute atomic E-state index is 12.0. The Hall–Kier alpha value is -0.370. The van der Waals surface area contributed by atoms with Crippen molar-refractivity contribution in [1.29, 1.82) is 0 Å². The van der Waals surface area contributed by atoms with E-state index in [-0.39, 0.29) is 12.0 Å². The lowest BCUT2D eigenvalue weighted by Gasteiger charge is -2.32. The third-order valence-electron chi connectivity index (χ3n) is 3.22. The van der Waals surface area contributed by atoms with Crippen LogP contribution >= 0.6 is 0 Å². The van der Waals surface area contributed by atoms with Gasteiger partial charge in [0.05, 0.1) is 6.04 Å². The van der Waals surface area contributed by atoms with Gasteiger partial charge in [0.15, 0.2) is 5.78 Å². The highest BCUT2D eigenvalue weighted by atomic mass is 16.1. The molecule has 1 rings (SSSR count). The number of carbonyl (C=O) groups excluding carboxylic acids is 1. The minimum atomic E-state index is 0.173. The number of Topliss-reactive ketones (excluding diaryl/α,β-unsaturated/α-hetero) is 1. The lowest BCUT2D eigenvalue weighted by atomic mass is 9.99. The molecule has 0 aliphatic carbocycles. The predicted octanol–water partition coefficient (Wildman–Crippen LogP) is 2.47. The van der Waals surface area contributed by atoms with Crippen LogP contribution in [0, 0.1) is 5.92 Å². The molecule has 0 amide bonds. The van der Waals surface area contributed by atoms with Gasteiger partial charge < -0.3 is 0 Å². The molecule has 2 atom stereocenters. The molecule has 2 heteroatoms. The van der Waals surface area contributed by atoms with Crippen LogP contribution in [0.25, 0.3) is 0 Å². The smallest absolute Gasteiger partial charge is 0.152 e. The average Bonchev–Trinajstić information content (AvgIpc) is 2.45. The molecular weight excluding hydrogens is 174 g/mol. The first kappa shape index (κ1) is 11.7. The van der Waals surface area contributed by atoms with Gasteiger partial charge in [0.25, 0.3) is 0 Å². The third-order valence-corrected chi connectivity index (χ3v) is 3.22. The molecular formula is C12H23NO. The van der Waals surface area contributed by atoms with Crippen LogP contribution in [0.2, 0.25) is 0 Å². The molecule has 0 aromatic carbocycles. The lowest BCUT2D eigenvalue weighted by molar-refractivity contribution is -0.127. The summed E-state index contributed by atoms with van der Waals surface area (Å²) in [4.78, 5) is 14.3. The fourth-order valence-electron chi connectivity index (χ4n) is 2.55. The molecule has 0 bridgehead atoms. The summed E-state index contributed by atoms with van der Waals surface area (Å²) in [7, 11) is 0. The van der Waals surface area contributed by atoms with Gasteiger partial charge in [-0.1, -0.05) is 13.8 Å². The monoisotopic (exact) mass is 197 g/mol. The van der Waals surface area contributed by atoms with Crippen LogP contribution in [0.4, 0.5) is 0 Å². The van der Waals surface area contributed by atoms with Gasteiger partial charge in [-0.2, -0.15) is 0 Å². The van der Waals surface area contributed by atoms with E-state index >= 15 is 0 Å². The number of carbonyl (C=O) groups is 1. The van der Waals surface area contributed by atoms with Crippen LogP contribution in [-0.4, -0.2) is 28.8 Å². The molecule has 1 saturated heterocycles. The second-order valence-electron chi connectivity index (χ2n) is 5.04. The van der Waals surface area contributed by atoms with Crippen LogP contribution in [0.5, 0.6) is 0 Å². The Bertz CT molecular complexity index is 210. The Morgan fingerprint density at radius 1 is 1.21 bits per heavy atom. The Morgan fingerprint density at radius 3 is 2.21 bits per heavy atom. The van der Waals surface area contributed by atoms with Gasteiger partial charge in [0.1, 0.15) is 0 Å². The summed E-state index contributed by atoms with van der Waals surface area (Å²) in [5, 5.41) is 0. The van der Waals surface area contributed by atoms with E-state index < -0.39 is 0 Å². The first-order chi connectivity index (χ1) is 6.45. The molecule has 0 aromatic heterocycles. The highest BCUT2D eigenvalue weighted by Gasteiger charge is 2.37. The molecule has 1 heterocycles. The lowest BCUT2D eigenvalue weighted by Crippen LogP contribution is -2.45. The highest BCUT2D eigenvalue weighted by molar-refractivity contribution is 5.86. The summed E-state index contributed by atoms with van der Waals surface area (Å²) in [6, 6.07) is 1.24. The number of hydrogen-bond donors (Lipinski definition) is 0. The fourth-order valence-corrected chi connectivity index (χ4v) is 2.55. The normalized spacial score (nSPS) is 29.1. The minimum Gasteiger partial charge on any atom is -0.298 e. The second kappa shape index (κ2) is 4.43. The van der Waals surface area contributed by atoms with Crippen molar-refractivity contribution in [2.75, 3.05) is 0 Å². The Morgan fingerprint density at radius 2 is 1.79 bits per heavy atom. The van der Waals surface area contributed by atoms with Crippen molar-refractivity contribution in [3.05, 3.63) is 0 Å². The summed E-state index contributed by atoms with van der Waals surface area (Å²) in [6.07, 6.45) is 2.22. The van der Waals surface area contributed by atoms with E-state index in [0.29, 0.717) is 17.9 Å². The van der Waals surface area contributed by atoms with Crippen LogP contribution in [0.15, 0.2) is 0 Å². The largest absolute Gasteiger partial charge is 0.298 e. The Balaban J connectivity index is 2.74. The number of nitrogens with zero attached hydrogens (tertiary/aromatic N) is 1. The molecule has 2 nitrogen and oxygen atoms in total. The second-order valence-corrected chi connectivity index (χ2v) is 5.04. The summed E-state index contributed by atoms with van der Waals surface area (Å²) < 4.78 is 0. The van der Waals surface area contributed by atoms with Crippen LogP contribution in [-0.2, 0) is 4.79 Å². The molecule has 1 aliphatic heterocycles. The zero-order chi connectivity index (χ0) is 10.9. The molecule has 1 aliphatic rings. The van der Waals surface area contributed by atoms with E-state index in [9.17, 15) is 4.79 Å². The van der Waals surface area contributed by atoms with E-state index in [1.165, 1.54) is 6.42 Å². The van der Waals surface area contributed by atoms with Crippen LogP contribution in [0.3, 0.4) is 0 Å². The molecule has 0 aromatic rings. The topological polar surface area (TPSA) is 20.3 Å². The van der Waals surface area contributed by atoms with Crippen molar-refractivity contribution >= 4 is 5.78 Å². The molecule has 14 heavy (non-hydrogen) atoms. The zero-order valence-electron chi connectivity index (χ0n) is 10.1. The maximum Gasteiger partial charge on any atom is 0.152 e. The van der Waals surface area contributed by atoms with Gasteiger partial charge in [-0.15, -0.1) is 0 Å². The minimum absolute atomic E-state index is 0.173. The molecule has 0 saturated carbocycles. The molecule has 0 spiro atoms. The van der Waals surface area contributed by atoms with Crippen molar-refractivity contribution in [2.24, 2.45) is 5.92 Å². The summed E-state index contributed by atoms with van der Waals surface area (Å²) in [6.45, 7) is 10.6. The zero-order valence-corrected chi connectivity index (χ0v) is 10.1. The van der Waals surface area contributed by atoms with E-state index in [4.69, 9.17) is 0 Å². The summed E-state index contributed by atoms with van der Waals surface area (Å²) in [5.41, 5.74) is 0. The third kappa shape index (κ3) is 2.17. The van der Waals surface area contributed by atoms with Crippen molar-refractivity contribution in [3.8, 4) is 0 Å². The Kier molecular flexibility index (Phi) is 3.71. The first-order valence-electron chi connectivity index (χ1n) is 5.76. The van der Waals surface area contributed by atoms with Gasteiger partial charge in [0, 0.05) is 18.0 Å². The molecule has 0 N–H and O–H groups in total. The van der Waals surface area contributed by atoms with E-state index in [1.54, 1.807) is 0 Å². The SMILES string of the molecule is CC(C)C(=O)[C@@H]1CC[C@H](C)N1C(C)C. The maximum atomic E-state index is 12.0. The molecule has 1 fully saturated rings. The van der Waals surface area contributed by atoms with Gasteiger partial charge in [-0.05, 0) is 33.6 Å². The highest BCUT2D eigenvalue weighted by Crippen LogP contribution is 2.28. The number of hydrogen-bond acceptors (Lipinski definition) is 2. The van der Waals surface area contributed by atoms with Gasteiger partial charge in [-0.3, -0.25) is 9.69 Å².